The first-order chi connectivity index (χ1) is 15.6. The molecule has 8 nitrogen and oxygen atoms in total. The quantitative estimate of drug-likeness (QED) is 0.481. The van der Waals surface area contributed by atoms with Gasteiger partial charge in [0.15, 0.2) is 5.76 Å². The van der Waals surface area contributed by atoms with E-state index in [2.05, 4.69) is 15.1 Å². The fraction of sp³-hybridized carbons (Fsp3) is 0.217. The number of hydrogen-bond acceptors (Lipinski definition) is 6. The number of aromatic nitrogens is 4. The van der Waals surface area contributed by atoms with Gasteiger partial charge in [0.2, 0.25) is 0 Å². The number of thioether (sulfide) groups is 1. The molecule has 1 aliphatic heterocycles. The Morgan fingerprint density at radius 2 is 2.03 bits per heavy atom. The molecular weight excluding hydrogens is 428 g/mol. The highest BCUT2D eigenvalue weighted by Crippen LogP contribution is 2.50. The maximum absolute atomic E-state index is 12.7. The van der Waals surface area contributed by atoms with Crippen LogP contribution in [0, 0.1) is 0 Å². The van der Waals surface area contributed by atoms with Gasteiger partial charge in [-0.3, -0.25) is 9.36 Å². The van der Waals surface area contributed by atoms with Gasteiger partial charge in [0.25, 0.3) is 5.56 Å². The molecule has 9 heteroatoms. The Bertz CT molecular complexity index is 1280. The van der Waals surface area contributed by atoms with Crippen LogP contribution in [0.25, 0.3) is 22.6 Å². The van der Waals surface area contributed by atoms with E-state index in [9.17, 15) is 14.7 Å². The largest absolute Gasteiger partial charge is 0.480 e. The lowest BCUT2D eigenvalue weighted by Gasteiger charge is -2.14. The molecule has 4 aromatic rings. The lowest BCUT2D eigenvalue weighted by Crippen LogP contribution is -2.29. The molecule has 1 unspecified atom stereocenters. The zero-order valence-corrected chi connectivity index (χ0v) is 17.8. The fourth-order valence-corrected chi connectivity index (χ4v) is 5.20. The van der Waals surface area contributed by atoms with Crippen LogP contribution in [0.15, 0.2) is 75.5 Å². The molecule has 2 aliphatic rings. The van der Waals surface area contributed by atoms with Crippen LogP contribution < -0.4 is 5.56 Å². The summed E-state index contributed by atoms with van der Waals surface area (Å²) < 4.78 is 7.02. The third kappa shape index (κ3) is 3.87. The number of nitrogens with zero attached hydrogens (tertiary/aromatic N) is 3. The van der Waals surface area contributed by atoms with Crippen molar-refractivity contribution >= 4 is 17.7 Å². The van der Waals surface area contributed by atoms with Crippen LogP contribution >= 0.6 is 11.8 Å². The molecule has 1 fully saturated rings. The summed E-state index contributed by atoms with van der Waals surface area (Å²) in [4.78, 5) is 30.7. The number of carboxylic acids is 1. The highest BCUT2D eigenvalue weighted by molar-refractivity contribution is 7.99. The predicted octanol–water partition coefficient (Wildman–Crippen LogP) is 4.19. The lowest BCUT2D eigenvalue weighted by atomic mass is 10.0. The van der Waals surface area contributed by atoms with Crippen LogP contribution in [0.1, 0.15) is 30.4 Å². The second kappa shape index (κ2) is 8.51. The summed E-state index contributed by atoms with van der Waals surface area (Å²) in [5.74, 6) is 0.297. The zero-order chi connectivity index (χ0) is 22.1. The number of carboxylic acid groups (broad SMARTS) is 1. The van der Waals surface area contributed by atoms with Gasteiger partial charge in [-0.25, -0.2) is 9.78 Å². The molecule has 3 aromatic heterocycles. The van der Waals surface area contributed by atoms with Gasteiger partial charge < -0.3 is 14.6 Å². The molecule has 0 amide bonds. The van der Waals surface area contributed by atoms with Gasteiger partial charge in [0.1, 0.15) is 11.7 Å². The normalized spacial score (nSPS) is 16.8. The topological polar surface area (TPSA) is 114 Å². The maximum Gasteiger partial charge on any atom is 0.327 e. The summed E-state index contributed by atoms with van der Waals surface area (Å²) >= 11 is 1.45. The molecule has 1 atom stereocenters. The molecule has 0 saturated heterocycles. The Morgan fingerprint density at radius 1 is 1.22 bits per heavy atom. The zero-order valence-electron chi connectivity index (χ0n) is 17.0. The molecule has 0 bridgehead atoms. The minimum Gasteiger partial charge on any atom is -0.480 e. The number of fused-ring (bicyclic) bond motifs is 1. The number of aromatic amines is 1. The Labute approximate surface area is 187 Å². The molecule has 32 heavy (non-hydrogen) atoms. The van der Waals surface area contributed by atoms with Gasteiger partial charge in [-0.05, 0) is 24.3 Å². The van der Waals surface area contributed by atoms with E-state index in [1.807, 2.05) is 36.4 Å². The number of pyridine rings is 1. The summed E-state index contributed by atoms with van der Waals surface area (Å²) in [5.41, 5.74) is 3.11. The Kier molecular flexibility index (Phi) is 5.40. The number of imidazole rings is 1. The molecule has 0 spiro atoms. The number of H-pyrrole nitrogens is 1. The lowest BCUT2D eigenvalue weighted by molar-refractivity contribution is -0.140. The molecule has 2 N–H and O–H groups in total. The average molecular weight is 449 g/mol. The van der Waals surface area contributed by atoms with E-state index < -0.39 is 12.0 Å². The van der Waals surface area contributed by atoms with E-state index in [4.69, 9.17) is 4.52 Å². The maximum atomic E-state index is 12.7. The van der Waals surface area contributed by atoms with E-state index in [1.165, 1.54) is 22.4 Å². The van der Waals surface area contributed by atoms with Crippen LogP contribution in [0.3, 0.4) is 0 Å². The van der Waals surface area contributed by atoms with Gasteiger partial charge in [0.05, 0.1) is 11.4 Å². The second-order valence-electron chi connectivity index (χ2n) is 7.63. The minimum absolute atomic E-state index is 0.306. The Balaban J connectivity index is 0.000000383. The summed E-state index contributed by atoms with van der Waals surface area (Å²) in [5, 5.41) is 14.4. The van der Waals surface area contributed by atoms with Crippen molar-refractivity contribution < 1.29 is 14.4 Å². The monoisotopic (exact) mass is 448 g/mol. The smallest absolute Gasteiger partial charge is 0.327 e. The van der Waals surface area contributed by atoms with Gasteiger partial charge in [-0.15, -0.1) is 11.8 Å². The minimum atomic E-state index is -0.969. The summed E-state index contributed by atoms with van der Waals surface area (Å²) in [7, 11) is 0. The first kappa shape index (κ1) is 20.3. The van der Waals surface area contributed by atoms with Crippen LogP contribution in [0.4, 0.5) is 0 Å². The number of rotatable bonds is 4. The number of nitrogens with one attached hydrogen (secondary N) is 1. The highest BCUT2D eigenvalue weighted by Gasteiger charge is 2.38. The summed E-state index contributed by atoms with van der Waals surface area (Å²) in [6, 6.07) is 12.3. The van der Waals surface area contributed by atoms with Crippen molar-refractivity contribution in [1.29, 1.82) is 0 Å². The molecule has 1 aromatic carbocycles. The number of carbonyl (C=O) groups is 1. The molecular formula is C23H20N4O4S. The van der Waals surface area contributed by atoms with Crippen molar-refractivity contribution in [3.05, 3.63) is 77.1 Å². The summed E-state index contributed by atoms with van der Waals surface area (Å²) in [6.07, 6.45) is 7.16. The summed E-state index contributed by atoms with van der Waals surface area (Å²) in [6.45, 7) is 0. The van der Waals surface area contributed by atoms with Crippen LogP contribution in [-0.4, -0.2) is 36.5 Å². The predicted molar refractivity (Wildman–Crippen MR) is 120 cm³/mol. The van der Waals surface area contributed by atoms with Crippen molar-refractivity contribution in [2.45, 2.75) is 29.8 Å². The van der Waals surface area contributed by atoms with Crippen LogP contribution in [-0.2, 0) is 4.79 Å². The van der Waals surface area contributed by atoms with E-state index in [0.29, 0.717) is 23.1 Å². The van der Waals surface area contributed by atoms with E-state index >= 15 is 0 Å². The van der Waals surface area contributed by atoms with E-state index in [0.717, 1.165) is 34.6 Å². The third-order valence-corrected chi connectivity index (χ3v) is 6.63. The number of hydrogen-bond donors (Lipinski definition) is 2. The van der Waals surface area contributed by atoms with Crippen molar-refractivity contribution in [2.75, 3.05) is 5.75 Å². The van der Waals surface area contributed by atoms with Gasteiger partial charge in [0, 0.05) is 41.4 Å². The Morgan fingerprint density at radius 3 is 2.66 bits per heavy atom. The molecule has 162 valence electrons. The van der Waals surface area contributed by atoms with Crippen molar-refractivity contribution in [3.8, 4) is 22.6 Å². The van der Waals surface area contributed by atoms with Crippen LogP contribution in [0.2, 0.25) is 0 Å². The van der Waals surface area contributed by atoms with Crippen molar-refractivity contribution in [3.63, 3.8) is 0 Å². The first-order valence-electron chi connectivity index (χ1n) is 10.2. The van der Waals surface area contributed by atoms with Crippen molar-refractivity contribution in [1.82, 2.24) is 19.7 Å². The number of aliphatic carboxylic acids is 1. The number of benzene rings is 1. The van der Waals surface area contributed by atoms with Gasteiger partial charge >= 0.3 is 5.97 Å². The third-order valence-electron chi connectivity index (χ3n) is 5.46. The van der Waals surface area contributed by atoms with E-state index in [-0.39, 0.29) is 5.56 Å². The van der Waals surface area contributed by atoms with Gasteiger partial charge in [-0.2, -0.15) is 0 Å². The molecule has 1 aliphatic carbocycles. The SMILES string of the molecule is O=C(O)C1CSc2c(C3CC3)c(-c3cc(-c4ccccc4)no3)cc(=O)n21.c1c[nH]cn1. The van der Waals surface area contributed by atoms with E-state index in [1.54, 1.807) is 18.7 Å². The molecule has 1 saturated carbocycles. The highest BCUT2D eigenvalue weighted by atomic mass is 32.2. The van der Waals surface area contributed by atoms with Gasteiger partial charge in [-0.1, -0.05) is 35.5 Å². The molecule has 0 radical (unpaired) electrons. The fourth-order valence-electron chi connectivity index (χ4n) is 3.81. The standard InChI is InChI=1S/C20H16N2O4S.C3H4N2/c23-17-8-13(16-9-14(21-26-16)11-4-2-1-3-5-11)18(12-6-7-12)19-22(17)15(10-27-19)20(24)25;1-2-5-3-4-1/h1-5,8-9,12,15H,6-7,10H2,(H,24,25);1-3H,(H,4,5). The molecule has 6 rings (SSSR count). The molecule has 4 heterocycles. The Hall–Kier alpha value is -3.59. The van der Waals surface area contributed by atoms with Crippen LogP contribution in [0.5, 0.6) is 0 Å². The average Bonchev–Trinajstić information content (AvgIpc) is 3.25. The second-order valence-corrected chi connectivity index (χ2v) is 8.64. The first-order valence-corrected chi connectivity index (χ1v) is 11.2. The van der Waals surface area contributed by atoms with Crippen molar-refractivity contribution in [2.24, 2.45) is 0 Å².